The van der Waals surface area contributed by atoms with Gasteiger partial charge in [0, 0.05) is 0 Å². The van der Waals surface area contributed by atoms with Gasteiger partial charge in [0.1, 0.15) is 11.5 Å². The summed E-state index contributed by atoms with van der Waals surface area (Å²) in [5, 5.41) is 3.69. The summed E-state index contributed by atoms with van der Waals surface area (Å²) >= 11 is 0. The highest BCUT2D eigenvalue weighted by atomic mass is 16.3. The van der Waals surface area contributed by atoms with Crippen molar-refractivity contribution in [2.75, 3.05) is 6.54 Å². The van der Waals surface area contributed by atoms with Crippen LogP contribution in [0.4, 0.5) is 0 Å². The van der Waals surface area contributed by atoms with Crippen LogP contribution in [0.2, 0.25) is 0 Å². The molecule has 0 amide bonds. The van der Waals surface area contributed by atoms with Crippen molar-refractivity contribution in [1.82, 2.24) is 5.32 Å². The fourth-order valence-corrected chi connectivity index (χ4v) is 3.06. The van der Waals surface area contributed by atoms with Gasteiger partial charge in [0.2, 0.25) is 0 Å². The number of nitrogens with one attached hydrogen (secondary N) is 1. The average molecular weight is 235 g/mol. The van der Waals surface area contributed by atoms with E-state index in [9.17, 15) is 0 Å². The molecule has 0 saturated heterocycles. The Morgan fingerprint density at radius 3 is 2.59 bits per heavy atom. The van der Waals surface area contributed by atoms with E-state index in [1.165, 1.54) is 32.1 Å². The minimum absolute atomic E-state index is 0.374. The molecule has 0 aromatic carbocycles. The second-order valence-corrected chi connectivity index (χ2v) is 5.70. The fourth-order valence-electron chi connectivity index (χ4n) is 3.06. The third kappa shape index (κ3) is 2.74. The van der Waals surface area contributed by atoms with E-state index < -0.39 is 0 Å². The first-order chi connectivity index (χ1) is 8.15. The lowest BCUT2D eigenvalue weighted by molar-refractivity contribution is 0.195. The fraction of sp³-hybridized carbons (Fsp3) is 0.733. The molecule has 1 aromatic heterocycles. The van der Waals surface area contributed by atoms with Gasteiger partial charge in [0.25, 0.3) is 0 Å². The third-order valence-electron chi connectivity index (χ3n) is 4.09. The Balaban J connectivity index is 2.18. The van der Waals surface area contributed by atoms with Crippen LogP contribution in [0, 0.1) is 12.3 Å². The molecule has 1 fully saturated rings. The number of aryl methyl sites for hydroxylation is 1. The lowest BCUT2D eigenvalue weighted by Gasteiger charge is -2.33. The summed E-state index contributed by atoms with van der Waals surface area (Å²) in [6, 6.07) is 4.61. The van der Waals surface area contributed by atoms with Crippen molar-refractivity contribution < 1.29 is 4.42 Å². The highest BCUT2D eigenvalue weighted by molar-refractivity contribution is 5.13. The summed E-state index contributed by atoms with van der Waals surface area (Å²) in [5.74, 6) is 2.14. The monoisotopic (exact) mass is 235 g/mol. The number of rotatable bonds is 5. The van der Waals surface area contributed by atoms with Crippen LogP contribution in [0.15, 0.2) is 16.5 Å². The van der Waals surface area contributed by atoms with Crippen molar-refractivity contribution in [3.05, 3.63) is 23.7 Å². The van der Waals surface area contributed by atoms with E-state index in [1.807, 2.05) is 6.92 Å². The predicted octanol–water partition coefficient (Wildman–Crippen LogP) is 4.21. The largest absolute Gasteiger partial charge is 0.465 e. The van der Waals surface area contributed by atoms with Crippen molar-refractivity contribution in [2.24, 2.45) is 5.41 Å². The van der Waals surface area contributed by atoms with E-state index in [1.54, 1.807) is 0 Å². The molecule has 1 N–H and O–H groups in total. The molecule has 2 rings (SSSR count). The highest BCUT2D eigenvalue weighted by Gasteiger charge is 2.39. The van der Waals surface area contributed by atoms with Crippen LogP contribution in [-0.4, -0.2) is 6.54 Å². The maximum absolute atomic E-state index is 5.86. The lowest BCUT2D eigenvalue weighted by atomic mass is 9.79. The standard InChI is InChI=1S/C15H25NO/c1-4-11-16-14(13-8-7-12(2)17-13)15(3)9-5-6-10-15/h7-8,14,16H,4-6,9-11H2,1-3H3. The molecule has 1 atom stereocenters. The maximum atomic E-state index is 5.86. The third-order valence-corrected chi connectivity index (χ3v) is 4.09. The normalized spacial score (nSPS) is 20.6. The van der Waals surface area contributed by atoms with E-state index >= 15 is 0 Å². The number of hydrogen-bond donors (Lipinski definition) is 1. The van der Waals surface area contributed by atoms with Crippen LogP contribution < -0.4 is 5.32 Å². The predicted molar refractivity (Wildman–Crippen MR) is 71.1 cm³/mol. The van der Waals surface area contributed by atoms with Gasteiger partial charge in [-0.05, 0) is 50.3 Å². The zero-order chi connectivity index (χ0) is 12.3. The zero-order valence-corrected chi connectivity index (χ0v) is 11.4. The smallest absolute Gasteiger partial charge is 0.121 e. The molecule has 2 heteroatoms. The van der Waals surface area contributed by atoms with Gasteiger partial charge in [0.15, 0.2) is 0 Å². The van der Waals surface area contributed by atoms with Gasteiger partial charge in [-0.3, -0.25) is 0 Å². The molecular weight excluding hydrogens is 210 g/mol. The van der Waals surface area contributed by atoms with Crippen molar-refractivity contribution in [2.45, 2.75) is 58.9 Å². The van der Waals surface area contributed by atoms with Crippen LogP contribution in [0.5, 0.6) is 0 Å². The molecular formula is C15H25NO. The molecule has 17 heavy (non-hydrogen) atoms. The van der Waals surface area contributed by atoms with Gasteiger partial charge in [-0.25, -0.2) is 0 Å². The van der Waals surface area contributed by atoms with Crippen LogP contribution in [0.25, 0.3) is 0 Å². The first-order valence-corrected chi connectivity index (χ1v) is 6.95. The molecule has 1 heterocycles. The highest BCUT2D eigenvalue weighted by Crippen LogP contribution is 2.47. The Hall–Kier alpha value is -0.760. The maximum Gasteiger partial charge on any atom is 0.121 e. The molecule has 0 radical (unpaired) electrons. The van der Waals surface area contributed by atoms with Gasteiger partial charge in [-0.1, -0.05) is 26.7 Å². The summed E-state index contributed by atoms with van der Waals surface area (Å²) in [6.45, 7) is 7.72. The summed E-state index contributed by atoms with van der Waals surface area (Å²) < 4.78 is 5.86. The van der Waals surface area contributed by atoms with Gasteiger partial charge in [0.05, 0.1) is 6.04 Å². The zero-order valence-electron chi connectivity index (χ0n) is 11.4. The van der Waals surface area contributed by atoms with E-state index in [2.05, 4.69) is 31.3 Å². The Bertz CT molecular complexity index is 350. The van der Waals surface area contributed by atoms with Gasteiger partial charge in [-0.2, -0.15) is 0 Å². The van der Waals surface area contributed by atoms with Gasteiger partial charge >= 0.3 is 0 Å². The van der Waals surface area contributed by atoms with Crippen LogP contribution in [0.3, 0.4) is 0 Å². The molecule has 1 saturated carbocycles. The minimum atomic E-state index is 0.374. The molecule has 2 nitrogen and oxygen atoms in total. The summed E-state index contributed by atoms with van der Waals surface area (Å²) in [7, 11) is 0. The average Bonchev–Trinajstić information content (AvgIpc) is 2.89. The minimum Gasteiger partial charge on any atom is -0.465 e. The number of hydrogen-bond acceptors (Lipinski definition) is 2. The molecule has 1 aliphatic rings. The summed E-state index contributed by atoms with van der Waals surface area (Å²) in [5.41, 5.74) is 0.374. The van der Waals surface area contributed by atoms with Crippen molar-refractivity contribution in [1.29, 1.82) is 0 Å². The van der Waals surface area contributed by atoms with Gasteiger partial charge in [-0.15, -0.1) is 0 Å². The van der Waals surface area contributed by atoms with E-state index in [0.29, 0.717) is 11.5 Å². The molecule has 1 aromatic rings. The van der Waals surface area contributed by atoms with Crippen molar-refractivity contribution in [3.63, 3.8) is 0 Å². The molecule has 1 aliphatic carbocycles. The molecule has 96 valence electrons. The topological polar surface area (TPSA) is 25.2 Å². The summed E-state index contributed by atoms with van der Waals surface area (Å²) in [6.07, 6.45) is 6.52. The van der Waals surface area contributed by atoms with Crippen LogP contribution in [-0.2, 0) is 0 Å². The van der Waals surface area contributed by atoms with Crippen LogP contribution in [0.1, 0.15) is 63.5 Å². The first kappa shape index (κ1) is 12.7. The Kier molecular flexibility index (Phi) is 3.93. The van der Waals surface area contributed by atoms with E-state index in [0.717, 1.165) is 18.1 Å². The lowest BCUT2D eigenvalue weighted by Crippen LogP contribution is -2.34. The molecule has 1 unspecified atom stereocenters. The van der Waals surface area contributed by atoms with Gasteiger partial charge < -0.3 is 9.73 Å². The first-order valence-electron chi connectivity index (χ1n) is 6.95. The van der Waals surface area contributed by atoms with Crippen molar-refractivity contribution >= 4 is 0 Å². The molecule has 0 spiro atoms. The quantitative estimate of drug-likeness (QED) is 0.827. The SMILES string of the molecule is CCCNC(c1ccc(C)o1)C1(C)CCCC1. The Labute approximate surface area is 105 Å². The van der Waals surface area contributed by atoms with Crippen LogP contribution >= 0.6 is 0 Å². The Morgan fingerprint density at radius 2 is 2.06 bits per heavy atom. The molecule has 0 bridgehead atoms. The number of furan rings is 1. The van der Waals surface area contributed by atoms with E-state index in [-0.39, 0.29) is 0 Å². The second-order valence-electron chi connectivity index (χ2n) is 5.70. The summed E-state index contributed by atoms with van der Waals surface area (Å²) in [4.78, 5) is 0. The van der Waals surface area contributed by atoms with E-state index in [4.69, 9.17) is 4.42 Å². The second kappa shape index (κ2) is 5.26. The molecule has 0 aliphatic heterocycles. The van der Waals surface area contributed by atoms with Crippen molar-refractivity contribution in [3.8, 4) is 0 Å². The Morgan fingerprint density at radius 1 is 1.35 bits per heavy atom.